The van der Waals surface area contributed by atoms with Crippen molar-refractivity contribution in [2.75, 3.05) is 0 Å². The van der Waals surface area contributed by atoms with E-state index in [2.05, 4.69) is 4.89 Å². The van der Waals surface area contributed by atoms with Crippen molar-refractivity contribution in [3.63, 3.8) is 0 Å². The molecule has 0 aliphatic heterocycles. The van der Waals surface area contributed by atoms with Crippen LogP contribution >= 0.6 is 0 Å². The first-order valence-corrected chi connectivity index (χ1v) is 3.06. The van der Waals surface area contributed by atoms with Crippen molar-refractivity contribution >= 4 is 11.8 Å². The third kappa shape index (κ3) is 4.03. The van der Waals surface area contributed by atoms with Gasteiger partial charge in [-0.25, -0.2) is 4.79 Å². The fourth-order valence-electron chi connectivity index (χ4n) is 0.560. The fourth-order valence-corrected chi connectivity index (χ4v) is 0.560. The summed E-state index contributed by atoms with van der Waals surface area (Å²) in [6.07, 6.45) is 0.733. The van der Waals surface area contributed by atoms with Gasteiger partial charge in [0.05, 0.1) is 0 Å². The van der Waals surface area contributed by atoms with Crippen molar-refractivity contribution in [1.29, 1.82) is 0 Å². The van der Waals surface area contributed by atoms with Crippen LogP contribution in [0.1, 0.15) is 26.2 Å². The van der Waals surface area contributed by atoms with Crippen LogP contribution in [0.2, 0.25) is 0 Å². The fraction of sp³-hybridized carbons (Fsp3) is 0.667. The Kier molecular flexibility index (Phi) is 4.49. The molecule has 0 rings (SSSR count). The van der Waals surface area contributed by atoms with E-state index in [0.29, 0.717) is 12.8 Å². The number of hydrogen-bond donors (Lipinski definition) is 1. The van der Waals surface area contributed by atoms with Gasteiger partial charge in [-0.1, -0.05) is 6.92 Å². The molecule has 0 amide bonds. The monoisotopic (exact) mass is 146 g/mol. The summed E-state index contributed by atoms with van der Waals surface area (Å²) >= 11 is 0. The topological polar surface area (TPSA) is 63.6 Å². The van der Waals surface area contributed by atoms with Gasteiger partial charge in [0, 0.05) is 6.42 Å². The van der Waals surface area contributed by atoms with Gasteiger partial charge in [-0.3, -0.25) is 4.79 Å². The highest BCUT2D eigenvalue weighted by molar-refractivity contribution is 5.95. The van der Waals surface area contributed by atoms with Crippen LogP contribution in [0.4, 0.5) is 0 Å². The number of Topliss-reactive ketones (excluding diaryl/α,β-unsaturated/α-hetero) is 1. The third-order valence-electron chi connectivity index (χ3n) is 0.972. The van der Waals surface area contributed by atoms with Gasteiger partial charge in [0.2, 0.25) is 0 Å². The first kappa shape index (κ1) is 9.10. The van der Waals surface area contributed by atoms with E-state index >= 15 is 0 Å². The molecule has 0 fully saturated rings. The molecule has 10 heavy (non-hydrogen) atoms. The largest absolute Gasteiger partial charge is 0.349 e. The first-order valence-electron chi connectivity index (χ1n) is 3.06. The van der Waals surface area contributed by atoms with Crippen LogP contribution in [0.3, 0.4) is 0 Å². The molecule has 4 nitrogen and oxygen atoms in total. The molecule has 0 aliphatic carbocycles. The highest BCUT2D eigenvalue weighted by atomic mass is 17.1. The van der Waals surface area contributed by atoms with Crippen LogP contribution < -0.4 is 0 Å². The Balaban J connectivity index is 3.47. The number of ketones is 1. The predicted octanol–water partition coefficient (Wildman–Crippen LogP) is 0.762. The second-order valence-electron chi connectivity index (χ2n) is 1.93. The van der Waals surface area contributed by atoms with Crippen molar-refractivity contribution in [2.24, 2.45) is 0 Å². The van der Waals surface area contributed by atoms with Crippen LogP contribution in [0.5, 0.6) is 0 Å². The van der Waals surface area contributed by atoms with Gasteiger partial charge in [-0.2, -0.15) is 5.26 Å². The molecule has 0 atom stereocenters. The van der Waals surface area contributed by atoms with Crippen LogP contribution in [-0.2, 0) is 14.5 Å². The van der Waals surface area contributed by atoms with E-state index in [1.54, 1.807) is 0 Å². The molecule has 0 aromatic rings. The van der Waals surface area contributed by atoms with Gasteiger partial charge in [-0.15, -0.1) is 0 Å². The molecule has 0 radical (unpaired) electrons. The second kappa shape index (κ2) is 4.93. The van der Waals surface area contributed by atoms with Crippen LogP contribution in [0, 0.1) is 0 Å². The molecular formula is C6H10O4. The average Bonchev–Trinajstić information content (AvgIpc) is 1.88. The number of rotatable bonds is 4. The Morgan fingerprint density at radius 2 is 2.10 bits per heavy atom. The molecule has 0 saturated heterocycles. The molecule has 0 aromatic heterocycles. The predicted molar refractivity (Wildman–Crippen MR) is 33.3 cm³/mol. The Bertz CT molecular complexity index is 130. The molecule has 0 spiro atoms. The van der Waals surface area contributed by atoms with E-state index in [1.165, 1.54) is 0 Å². The van der Waals surface area contributed by atoms with E-state index < -0.39 is 5.97 Å². The van der Waals surface area contributed by atoms with Gasteiger partial charge in [0.1, 0.15) is 12.2 Å². The molecular weight excluding hydrogens is 136 g/mol. The molecule has 58 valence electrons. The standard InChI is InChI=1S/C6H10O4/c1-2-3-5(7)4-6(8)10-9/h9H,2-4H2,1H3. The highest BCUT2D eigenvalue weighted by Gasteiger charge is 2.08. The van der Waals surface area contributed by atoms with Crippen molar-refractivity contribution in [3.05, 3.63) is 0 Å². The molecule has 0 saturated carbocycles. The zero-order chi connectivity index (χ0) is 7.98. The molecule has 0 heterocycles. The maximum absolute atomic E-state index is 10.6. The molecule has 4 heteroatoms. The maximum atomic E-state index is 10.6. The molecule has 0 bridgehead atoms. The summed E-state index contributed by atoms with van der Waals surface area (Å²) in [5.41, 5.74) is 0. The van der Waals surface area contributed by atoms with Gasteiger partial charge in [0.15, 0.2) is 0 Å². The molecule has 1 N–H and O–H groups in total. The molecule has 0 unspecified atom stereocenters. The Morgan fingerprint density at radius 1 is 1.50 bits per heavy atom. The second-order valence-corrected chi connectivity index (χ2v) is 1.93. The zero-order valence-electron chi connectivity index (χ0n) is 5.79. The van der Waals surface area contributed by atoms with E-state index in [1.807, 2.05) is 6.92 Å². The Hall–Kier alpha value is -0.900. The summed E-state index contributed by atoms with van der Waals surface area (Å²) in [7, 11) is 0. The lowest BCUT2D eigenvalue weighted by atomic mass is 10.2. The highest BCUT2D eigenvalue weighted by Crippen LogP contribution is 1.94. The lowest BCUT2D eigenvalue weighted by Gasteiger charge is -1.93. The van der Waals surface area contributed by atoms with Gasteiger partial charge < -0.3 is 4.89 Å². The maximum Gasteiger partial charge on any atom is 0.349 e. The number of hydrogen-bond acceptors (Lipinski definition) is 4. The van der Waals surface area contributed by atoms with Gasteiger partial charge >= 0.3 is 5.97 Å². The minimum atomic E-state index is -0.890. The lowest BCUT2D eigenvalue weighted by Crippen LogP contribution is -2.08. The molecule has 0 aromatic carbocycles. The normalized spacial score (nSPS) is 9.00. The van der Waals surface area contributed by atoms with Crippen molar-refractivity contribution < 1.29 is 19.7 Å². The minimum Gasteiger partial charge on any atom is -0.301 e. The van der Waals surface area contributed by atoms with Crippen molar-refractivity contribution in [2.45, 2.75) is 26.2 Å². The Labute approximate surface area is 58.7 Å². The van der Waals surface area contributed by atoms with E-state index in [0.717, 1.165) is 0 Å². The summed E-state index contributed by atoms with van der Waals surface area (Å²) in [5, 5.41) is 7.75. The summed E-state index contributed by atoms with van der Waals surface area (Å²) in [6.45, 7) is 1.84. The smallest absolute Gasteiger partial charge is 0.301 e. The summed E-state index contributed by atoms with van der Waals surface area (Å²) in [6, 6.07) is 0. The minimum absolute atomic E-state index is 0.207. The summed E-state index contributed by atoms with van der Waals surface area (Å²) in [5.74, 6) is -1.10. The van der Waals surface area contributed by atoms with Gasteiger partial charge in [0.25, 0.3) is 0 Å². The first-order chi connectivity index (χ1) is 4.70. The SMILES string of the molecule is CCCC(=O)CC(=O)OO. The quantitative estimate of drug-likeness (QED) is 0.361. The average molecular weight is 146 g/mol. The summed E-state index contributed by atoms with van der Waals surface area (Å²) < 4.78 is 0. The van der Waals surface area contributed by atoms with Gasteiger partial charge in [-0.05, 0) is 6.42 Å². The number of carbonyl (C=O) groups is 2. The van der Waals surface area contributed by atoms with E-state index in [4.69, 9.17) is 5.26 Å². The molecule has 0 aliphatic rings. The zero-order valence-corrected chi connectivity index (χ0v) is 5.79. The van der Waals surface area contributed by atoms with Crippen LogP contribution in [0.15, 0.2) is 0 Å². The summed E-state index contributed by atoms with van der Waals surface area (Å²) in [4.78, 5) is 24.1. The lowest BCUT2D eigenvalue weighted by molar-refractivity contribution is -0.233. The van der Waals surface area contributed by atoms with E-state index in [9.17, 15) is 9.59 Å². The third-order valence-corrected chi connectivity index (χ3v) is 0.972. The number of carbonyl (C=O) groups excluding carboxylic acids is 2. The Morgan fingerprint density at radius 3 is 2.50 bits per heavy atom. The van der Waals surface area contributed by atoms with E-state index in [-0.39, 0.29) is 12.2 Å². The van der Waals surface area contributed by atoms with Crippen LogP contribution in [-0.4, -0.2) is 17.0 Å². The van der Waals surface area contributed by atoms with Crippen LogP contribution in [0.25, 0.3) is 0 Å². The van der Waals surface area contributed by atoms with Crippen molar-refractivity contribution in [1.82, 2.24) is 0 Å². The van der Waals surface area contributed by atoms with Crippen molar-refractivity contribution in [3.8, 4) is 0 Å².